The van der Waals surface area contributed by atoms with Gasteiger partial charge in [0.05, 0.1) is 0 Å². The number of rotatable bonds is 6. The van der Waals surface area contributed by atoms with E-state index in [1.807, 2.05) is 0 Å². The normalized spacial score (nSPS) is 20.1. The second-order valence-corrected chi connectivity index (χ2v) is 5.07. The van der Waals surface area contributed by atoms with Gasteiger partial charge in [-0.2, -0.15) is 0 Å². The molecule has 0 amide bonds. The van der Waals surface area contributed by atoms with Crippen LogP contribution in [-0.4, -0.2) is 12.6 Å². The maximum absolute atomic E-state index is 3.95. The van der Waals surface area contributed by atoms with Crippen LogP contribution in [0.3, 0.4) is 0 Å². The summed E-state index contributed by atoms with van der Waals surface area (Å²) in [6.45, 7) is 9.49. The smallest absolute Gasteiger partial charge is 0.00928 e. The van der Waals surface area contributed by atoms with Crippen LogP contribution in [0, 0.1) is 5.92 Å². The molecule has 1 rings (SSSR count). The van der Waals surface area contributed by atoms with Crippen molar-refractivity contribution in [2.45, 2.75) is 64.8 Å². The summed E-state index contributed by atoms with van der Waals surface area (Å²) in [4.78, 5) is 0. The van der Waals surface area contributed by atoms with Gasteiger partial charge in [-0.05, 0) is 45.1 Å². The molecule has 1 nitrogen and oxygen atoms in total. The van der Waals surface area contributed by atoms with Crippen LogP contribution in [0.15, 0.2) is 12.2 Å². The molecule has 1 heteroatoms. The van der Waals surface area contributed by atoms with E-state index in [1.54, 1.807) is 0 Å². The van der Waals surface area contributed by atoms with Gasteiger partial charge in [-0.1, -0.05) is 31.8 Å². The Balaban J connectivity index is 2.24. The van der Waals surface area contributed by atoms with Crippen LogP contribution in [0.4, 0.5) is 0 Å². The standard InChI is InChI=1S/C14H27N/c1-4-14(15-11-10-12(2)3)13-8-6-5-7-9-13/h13-15H,2,4-11H2,1,3H3. The van der Waals surface area contributed by atoms with Crippen molar-refractivity contribution in [2.24, 2.45) is 5.92 Å². The van der Waals surface area contributed by atoms with Gasteiger partial charge in [0, 0.05) is 6.04 Å². The molecule has 0 spiro atoms. The summed E-state index contributed by atoms with van der Waals surface area (Å²) in [6, 6.07) is 0.754. The van der Waals surface area contributed by atoms with E-state index in [4.69, 9.17) is 0 Å². The summed E-state index contributed by atoms with van der Waals surface area (Å²) in [5.41, 5.74) is 1.29. The van der Waals surface area contributed by atoms with Crippen LogP contribution in [0.1, 0.15) is 58.8 Å². The molecule has 0 saturated heterocycles. The van der Waals surface area contributed by atoms with Gasteiger partial charge in [0.2, 0.25) is 0 Å². The van der Waals surface area contributed by atoms with Gasteiger partial charge in [-0.3, -0.25) is 0 Å². The van der Waals surface area contributed by atoms with E-state index < -0.39 is 0 Å². The first kappa shape index (κ1) is 12.8. The molecule has 0 bridgehead atoms. The summed E-state index contributed by atoms with van der Waals surface area (Å²) in [5.74, 6) is 0.939. The van der Waals surface area contributed by atoms with Crippen LogP contribution in [0.25, 0.3) is 0 Å². The van der Waals surface area contributed by atoms with Gasteiger partial charge >= 0.3 is 0 Å². The van der Waals surface area contributed by atoms with Gasteiger partial charge in [-0.15, -0.1) is 6.58 Å². The predicted octanol–water partition coefficient (Wildman–Crippen LogP) is 3.90. The van der Waals surface area contributed by atoms with Crippen molar-refractivity contribution in [3.63, 3.8) is 0 Å². The van der Waals surface area contributed by atoms with Gasteiger partial charge < -0.3 is 5.32 Å². The van der Waals surface area contributed by atoms with Crippen LogP contribution in [0.5, 0.6) is 0 Å². The first-order valence-electron chi connectivity index (χ1n) is 6.61. The largest absolute Gasteiger partial charge is 0.313 e. The quantitative estimate of drug-likeness (QED) is 0.654. The predicted molar refractivity (Wildman–Crippen MR) is 68.1 cm³/mol. The van der Waals surface area contributed by atoms with E-state index in [1.165, 1.54) is 44.1 Å². The van der Waals surface area contributed by atoms with E-state index in [-0.39, 0.29) is 0 Å². The highest BCUT2D eigenvalue weighted by atomic mass is 14.9. The molecule has 0 radical (unpaired) electrons. The number of hydrogen-bond acceptors (Lipinski definition) is 1. The Morgan fingerprint density at radius 3 is 2.53 bits per heavy atom. The minimum absolute atomic E-state index is 0.754. The molecule has 1 atom stereocenters. The summed E-state index contributed by atoms with van der Waals surface area (Å²) >= 11 is 0. The van der Waals surface area contributed by atoms with Crippen LogP contribution in [-0.2, 0) is 0 Å². The molecule has 1 aliphatic carbocycles. The second-order valence-electron chi connectivity index (χ2n) is 5.07. The van der Waals surface area contributed by atoms with Crippen molar-refractivity contribution in [3.8, 4) is 0 Å². The fraction of sp³-hybridized carbons (Fsp3) is 0.857. The Morgan fingerprint density at radius 1 is 1.33 bits per heavy atom. The maximum Gasteiger partial charge on any atom is 0.00928 e. The highest BCUT2D eigenvalue weighted by Gasteiger charge is 2.21. The van der Waals surface area contributed by atoms with Gasteiger partial charge in [0.15, 0.2) is 0 Å². The van der Waals surface area contributed by atoms with Crippen LogP contribution in [0.2, 0.25) is 0 Å². The minimum atomic E-state index is 0.754. The zero-order valence-corrected chi connectivity index (χ0v) is 10.5. The molecule has 0 aromatic carbocycles. The molecule has 1 N–H and O–H groups in total. The Bertz CT molecular complexity index is 180. The van der Waals surface area contributed by atoms with Crippen LogP contribution < -0.4 is 5.32 Å². The summed E-state index contributed by atoms with van der Waals surface area (Å²) in [7, 11) is 0. The van der Waals surface area contributed by atoms with Gasteiger partial charge in [-0.25, -0.2) is 0 Å². The third kappa shape index (κ3) is 4.83. The SMILES string of the molecule is C=C(C)CCNC(CC)C1CCCCC1. The van der Waals surface area contributed by atoms with Crippen molar-refractivity contribution >= 4 is 0 Å². The average molecular weight is 209 g/mol. The van der Waals surface area contributed by atoms with Gasteiger partial charge in [0.25, 0.3) is 0 Å². The fourth-order valence-electron chi connectivity index (χ4n) is 2.65. The molecule has 0 aromatic rings. The van der Waals surface area contributed by atoms with E-state index in [2.05, 4.69) is 25.7 Å². The van der Waals surface area contributed by atoms with E-state index in [9.17, 15) is 0 Å². The lowest BCUT2D eigenvalue weighted by Crippen LogP contribution is -2.37. The lowest BCUT2D eigenvalue weighted by molar-refractivity contribution is 0.264. The third-order valence-corrected chi connectivity index (χ3v) is 3.62. The second kappa shape index (κ2) is 7.05. The Morgan fingerprint density at radius 2 is 2.00 bits per heavy atom. The molecule has 0 aliphatic heterocycles. The molecule has 1 unspecified atom stereocenters. The fourth-order valence-corrected chi connectivity index (χ4v) is 2.65. The van der Waals surface area contributed by atoms with E-state index >= 15 is 0 Å². The lowest BCUT2D eigenvalue weighted by Gasteiger charge is -2.30. The molecule has 0 heterocycles. The highest BCUT2D eigenvalue weighted by molar-refractivity contribution is 4.89. The van der Waals surface area contributed by atoms with Gasteiger partial charge in [0.1, 0.15) is 0 Å². The average Bonchev–Trinajstić information content (AvgIpc) is 2.25. The molecule has 88 valence electrons. The molecule has 0 aromatic heterocycles. The molecule has 1 aliphatic rings. The Hall–Kier alpha value is -0.300. The molecule has 15 heavy (non-hydrogen) atoms. The van der Waals surface area contributed by atoms with E-state index in [0.717, 1.165) is 24.9 Å². The molecular weight excluding hydrogens is 182 g/mol. The third-order valence-electron chi connectivity index (χ3n) is 3.62. The summed E-state index contributed by atoms with van der Waals surface area (Å²) < 4.78 is 0. The van der Waals surface area contributed by atoms with Crippen molar-refractivity contribution in [1.29, 1.82) is 0 Å². The zero-order chi connectivity index (χ0) is 11.1. The molecular formula is C14H27N. The van der Waals surface area contributed by atoms with Crippen LogP contribution >= 0.6 is 0 Å². The summed E-state index contributed by atoms with van der Waals surface area (Å²) in [5, 5.41) is 3.71. The summed E-state index contributed by atoms with van der Waals surface area (Å²) in [6.07, 6.45) is 9.65. The first-order valence-corrected chi connectivity index (χ1v) is 6.61. The zero-order valence-electron chi connectivity index (χ0n) is 10.5. The first-order chi connectivity index (χ1) is 7.24. The van der Waals surface area contributed by atoms with Crippen molar-refractivity contribution in [3.05, 3.63) is 12.2 Å². The Labute approximate surface area is 95.3 Å². The molecule has 1 saturated carbocycles. The van der Waals surface area contributed by atoms with E-state index in [0.29, 0.717) is 0 Å². The van der Waals surface area contributed by atoms with Crippen molar-refractivity contribution in [2.75, 3.05) is 6.54 Å². The molecule has 1 fully saturated rings. The number of hydrogen-bond donors (Lipinski definition) is 1. The highest BCUT2D eigenvalue weighted by Crippen LogP contribution is 2.27. The minimum Gasteiger partial charge on any atom is -0.313 e. The van der Waals surface area contributed by atoms with Crippen molar-refractivity contribution in [1.82, 2.24) is 5.32 Å². The lowest BCUT2D eigenvalue weighted by atomic mass is 9.83. The maximum atomic E-state index is 3.95. The monoisotopic (exact) mass is 209 g/mol. The Kier molecular flexibility index (Phi) is 6.00. The topological polar surface area (TPSA) is 12.0 Å². The number of nitrogens with one attached hydrogen (secondary N) is 1. The van der Waals surface area contributed by atoms with Crippen molar-refractivity contribution < 1.29 is 0 Å².